The van der Waals surface area contributed by atoms with Crippen molar-refractivity contribution in [3.05, 3.63) is 0 Å². The Morgan fingerprint density at radius 3 is 2.08 bits per heavy atom. The van der Waals surface area contributed by atoms with E-state index in [1.807, 2.05) is 13.8 Å². The molecule has 7 heteroatoms. The van der Waals surface area contributed by atoms with Gasteiger partial charge < -0.3 is 14.7 Å². The zero-order valence-corrected chi connectivity index (χ0v) is 16.9. The van der Waals surface area contributed by atoms with Crippen molar-refractivity contribution in [2.45, 2.75) is 67.0 Å². The van der Waals surface area contributed by atoms with Crippen LogP contribution in [0.1, 0.15) is 55.4 Å². The van der Waals surface area contributed by atoms with E-state index in [1.54, 1.807) is 41.5 Å². The second-order valence-corrected chi connectivity index (χ2v) is 9.88. The highest BCUT2D eigenvalue weighted by Gasteiger charge is 2.69. The summed E-state index contributed by atoms with van der Waals surface area (Å²) in [6.07, 6.45) is -0.840. The van der Waals surface area contributed by atoms with E-state index in [2.05, 4.69) is 4.99 Å². The third-order valence-electron chi connectivity index (χ3n) is 5.23. The highest BCUT2D eigenvalue weighted by Crippen LogP contribution is 2.64. The molecule has 0 radical (unpaired) electrons. The number of ether oxygens (including phenoxy) is 1. The zero-order chi connectivity index (χ0) is 20.2. The molecule has 0 aromatic heterocycles. The second kappa shape index (κ2) is 6.06. The minimum atomic E-state index is -1.01. The number of aliphatic imine (C=N–C) groups is 1. The molecule has 2 aliphatic rings. The number of fused-ring (bicyclic) bond motifs is 1. The SMILES string of the molecule is CC(C)(C)OC(=O)N=C(C(=O)N1C[C@H]2[C@@H]([C@H]1C(=O)O)C2(C)C)C(C)(C)C. The summed E-state index contributed by atoms with van der Waals surface area (Å²) in [5.74, 6) is -1.41. The Morgan fingerprint density at radius 2 is 1.65 bits per heavy atom. The molecule has 0 aromatic rings. The molecule has 0 spiro atoms. The van der Waals surface area contributed by atoms with Gasteiger partial charge in [0.2, 0.25) is 0 Å². The monoisotopic (exact) mass is 366 g/mol. The number of carbonyl (C=O) groups is 3. The Bertz CT molecular complexity index is 666. The van der Waals surface area contributed by atoms with Gasteiger partial charge in [-0.25, -0.2) is 9.59 Å². The summed E-state index contributed by atoms with van der Waals surface area (Å²) in [7, 11) is 0. The summed E-state index contributed by atoms with van der Waals surface area (Å²) in [6, 6.07) is -0.881. The van der Waals surface area contributed by atoms with Crippen molar-refractivity contribution in [2.75, 3.05) is 6.54 Å². The standard InChI is InChI=1S/C19H30N2O5/c1-17(2,3)13(20-16(25)26-18(4,5)6)14(22)21-9-10-11(19(10,7)8)12(21)15(23)24/h10-12H,9H2,1-8H3,(H,23,24)/t10-,11-,12-/m0/s1. The number of hydrogen-bond donors (Lipinski definition) is 1. The number of hydrogen-bond acceptors (Lipinski definition) is 4. The maximum absolute atomic E-state index is 13.1. The maximum atomic E-state index is 13.1. The fourth-order valence-corrected chi connectivity index (χ4v) is 3.83. The number of rotatable bonds is 2. The molecular formula is C19H30N2O5. The van der Waals surface area contributed by atoms with Crippen LogP contribution in [0.25, 0.3) is 0 Å². The zero-order valence-electron chi connectivity index (χ0n) is 16.9. The first-order valence-electron chi connectivity index (χ1n) is 8.93. The summed E-state index contributed by atoms with van der Waals surface area (Å²) >= 11 is 0. The molecule has 1 saturated carbocycles. The van der Waals surface area contributed by atoms with Gasteiger partial charge in [-0.2, -0.15) is 4.99 Å². The van der Waals surface area contributed by atoms with Gasteiger partial charge in [-0.15, -0.1) is 0 Å². The van der Waals surface area contributed by atoms with Crippen LogP contribution < -0.4 is 0 Å². The summed E-state index contributed by atoms with van der Waals surface area (Å²) in [4.78, 5) is 42.3. The van der Waals surface area contributed by atoms with Crippen molar-refractivity contribution in [3.63, 3.8) is 0 Å². The van der Waals surface area contributed by atoms with Crippen molar-refractivity contribution in [3.8, 4) is 0 Å². The number of carbonyl (C=O) groups excluding carboxylic acids is 2. The summed E-state index contributed by atoms with van der Waals surface area (Å²) in [5, 5.41) is 9.66. The molecule has 1 saturated heterocycles. The van der Waals surface area contributed by atoms with Crippen LogP contribution >= 0.6 is 0 Å². The van der Waals surface area contributed by atoms with Gasteiger partial charge in [0.1, 0.15) is 17.4 Å². The van der Waals surface area contributed by atoms with Gasteiger partial charge in [0.15, 0.2) is 0 Å². The number of carboxylic acid groups (broad SMARTS) is 1. The first-order valence-corrected chi connectivity index (χ1v) is 8.93. The first kappa shape index (κ1) is 20.4. The van der Waals surface area contributed by atoms with Gasteiger partial charge in [-0.05, 0) is 32.1 Å². The quantitative estimate of drug-likeness (QED) is 0.758. The van der Waals surface area contributed by atoms with E-state index in [4.69, 9.17) is 4.74 Å². The van der Waals surface area contributed by atoms with Crippen LogP contribution in [0.2, 0.25) is 0 Å². The van der Waals surface area contributed by atoms with Crippen molar-refractivity contribution in [2.24, 2.45) is 27.7 Å². The maximum Gasteiger partial charge on any atom is 0.434 e. The molecule has 1 aliphatic carbocycles. The predicted octanol–water partition coefficient (Wildman–Crippen LogP) is 2.98. The molecule has 0 unspecified atom stereocenters. The largest absolute Gasteiger partial charge is 0.480 e. The van der Waals surface area contributed by atoms with Crippen LogP contribution in [0.4, 0.5) is 4.79 Å². The predicted molar refractivity (Wildman–Crippen MR) is 97.0 cm³/mol. The van der Waals surface area contributed by atoms with E-state index < -0.39 is 35.0 Å². The molecule has 2 rings (SSSR count). The van der Waals surface area contributed by atoms with E-state index >= 15 is 0 Å². The third kappa shape index (κ3) is 3.76. The lowest BCUT2D eigenvalue weighted by Crippen LogP contribution is -2.50. The molecule has 3 atom stereocenters. The molecule has 0 aromatic carbocycles. The van der Waals surface area contributed by atoms with Gasteiger partial charge in [0.05, 0.1) is 0 Å². The van der Waals surface area contributed by atoms with E-state index in [9.17, 15) is 19.5 Å². The van der Waals surface area contributed by atoms with Crippen LogP contribution in [0, 0.1) is 22.7 Å². The summed E-state index contributed by atoms with van der Waals surface area (Å²) in [5.41, 5.74) is -1.50. The minimum Gasteiger partial charge on any atom is -0.480 e. The van der Waals surface area contributed by atoms with Crippen LogP contribution in [0.5, 0.6) is 0 Å². The molecule has 1 aliphatic heterocycles. The van der Waals surface area contributed by atoms with E-state index in [0.29, 0.717) is 6.54 Å². The normalized spacial score (nSPS) is 27.8. The third-order valence-corrected chi connectivity index (χ3v) is 5.23. The van der Waals surface area contributed by atoms with Crippen LogP contribution in [0.3, 0.4) is 0 Å². The number of nitrogens with zero attached hydrogens (tertiary/aromatic N) is 2. The molecular weight excluding hydrogens is 336 g/mol. The second-order valence-electron chi connectivity index (χ2n) is 9.88. The fraction of sp³-hybridized carbons (Fsp3) is 0.789. The molecule has 2 amide bonds. The average Bonchev–Trinajstić information content (AvgIpc) is 2.81. The Hall–Kier alpha value is -1.92. The highest BCUT2D eigenvalue weighted by atomic mass is 16.6. The Morgan fingerprint density at radius 1 is 1.12 bits per heavy atom. The fourth-order valence-electron chi connectivity index (χ4n) is 3.83. The first-order chi connectivity index (χ1) is 11.6. The van der Waals surface area contributed by atoms with Crippen molar-refractivity contribution >= 4 is 23.7 Å². The van der Waals surface area contributed by atoms with Crippen LogP contribution in [-0.2, 0) is 14.3 Å². The van der Waals surface area contributed by atoms with Gasteiger partial charge >= 0.3 is 12.1 Å². The van der Waals surface area contributed by atoms with E-state index in [1.165, 1.54) is 4.90 Å². The smallest absolute Gasteiger partial charge is 0.434 e. The molecule has 26 heavy (non-hydrogen) atoms. The van der Waals surface area contributed by atoms with Gasteiger partial charge in [-0.3, -0.25) is 4.79 Å². The molecule has 1 N–H and O–H groups in total. The van der Waals surface area contributed by atoms with E-state index in [0.717, 1.165) is 0 Å². The van der Waals surface area contributed by atoms with Crippen molar-refractivity contribution in [1.82, 2.24) is 4.90 Å². The topological polar surface area (TPSA) is 96.3 Å². The number of amides is 2. The molecule has 0 bridgehead atoms. The Balaban J connectivity index is 2.31. The minimum absolute atomic E-state index is 0.0251. The molecule has 7 nitrogen and oxygen atoms in total. The Kier molecular flexibility index (Phi) is 4.76. The molecule has 1 heterocycles. The number of likely N-dealkylation sites (tertiary alicyclic amines) is 1. The summed E-state index contributed by atoms with van der Waals surface area (Å²) in [6.45, 7) is 14.9. The lowest BCUT2D eigenvalue weighted by molar-refractivity contribution is -0.148. The van der Waals surface area contributed by atoms with Crippen LogP contribution in [0.15, 0.2) is 4.99 Å². The number of carboxylic acids is 1. The lowest BCUT2D eigenvalue weighted by atomic mass is 9.88. The molecule has 2 fully saturated rings. The van der Waals surface area contributed by atoms with Crippen molar-refractivity contribution < 1.29 is 24.2 Å². The van der Waals surface area contributed by atoms with Gasteiger partial charge in [0.25, 0.3) is 5.91 Å². The Labute approximate surface area is 154 Å². The van der Waals surface area contributed by atoms with Crippen LogP contribution in [-0.4, -0.2) is 51.9 Å². The van der Waals surface area contributed by atoms with Gasteiger partial charge in [0, 0.05) is 17.9 Å². The lowest BCUT2D eigenvalue weighted by Gasteiger charge is -2.31. The molecule has 146 valence electrons. The number of piperidine rings is 1. The number of aliphatic carboxylic acids is 1. The van der Waals surface area contributed by atoms with E-state index in [-0.39, 0.29) is 23.0 Å². The van der Waals surface area contributed by atoms with Crippen molar-refractivity contribution in [1.29, 1.82) is 0 Å². The highest BCUT2D eigenvalue weighted by molar-refractivity contribution is 6.42. The average molecular weight is 366 g/mol. The summed E-state index contributed by atoms with van der Waals surface area (Å²) < 4.78 is 5.20. The van der Waals surface area contributed by atoms with Gasteiger partial charge in [-0.1, -0.05) is 34.6 Å².